The van der Waals surface area contributed by atoms with Crippen molar-refractivity contribution in [1.29, 1.82) is 0 Å². The Morgan fingerprint density at radius 3 is 2.27 bits per heavy atom. The number of rotatable bonds is 5. The maximum atomic E-state index is 5.68. The Labute approximate surface area is 93.7 Å². The lowest BCUT2D eigenvalue weighted by molar-refractivity contribution is -0.177. The van der Waals surface area contributed by atoms with Crippen molar-refractivity contribution in [1.82, 2.24) is 0 Å². The molecule has 0 spiro atoms. The Bertz CT molecular complexity index is 195. The third kappa shape index (κ3) is 3.62. The third-order valence-electron chi connectivity index (χ3n) is 3.07. The summed E-state index contributed by atoms with van der Waals surface area (Å²) in [5.74, 6) is 1.71. The zero-order valence-corrected chi connectivity index (χ0v) is 10.4. The van der Waals surface area contributed by atoms with Crippen molar-refractivity contribution in [3.63, 3.8) is 0 Å². The van der Waals surface area contributed by atoms with Gasteiger partial charge in [0.2, 0.25) is 0 Å². The first-order valence-corrected chi connectivity index (χ1v) is 6.10. The molecule has 0 N–H and O–H groups in total. The monoisotopic (exact) mass is 212 g/mol. The number of ether oxygens (including phenoxy) is 2. The summed E-state index contributed by atoms with van der Waals surface area (Å²) < 4.78 is 11.4. The Morgan fingerprint density at radius 1 is 1.13 bits per heavy atom. The summed E-state index contributed by atoms with van der Waals surface area (Å²) in [7, 11) is 0. The lowest BCUT2D eigenvalue weighted by Crippen LogP contribution is -2.34. The Morgan fingerprint density at radius 2 is 1.73 bits per heavy atom. The van der Waals surface area contributed by atoms with Crippen molar-refractivity contribution in [2.24, 2.45) is 17.8 Å². The Balaban J connectivity index is 2.60. The van der Waals surface area contributed by atoms with Gasteiger partial charge >= 0.3 is 0 Å². The lowest BCUT2D eigenvalue weighted by Gasteiger charge is -2.34. The van der Waals surface area contributed by atoms with Crippen LogP contribution in [0.4, 0.5) is 0 Å². The van der Waals surface area contributed by atoms with Crippen LogP contribution in [0.3, 0.4) is 0 Å². The van der Waals surface area contributed by atoms with E-state index in [4.69, 9.17) is 9.47 Å². The van der Waals surface area contributed by atoms with E-state index < -0.39 is 0 Å². The highest BCUT2D eigenvalue weighted by Gasteiger charge is 2.30. The third-order valence-corrected chi connectivity index (χ3v) is 3.07. The highest BCUT2D eigenvalue weighted by Crippen LogP contribution is 2.32. The average molecular weight is 212 g/mol. The van der Waals surface area contributed by atoms with E-state index in [0.29, 0.717) is 17.8 Å². The molecule has 2 nitrogen and oxygen atoms in total. The SMILES string of the molecule is CCOC(OCC)C1CC(C)C=CC1C. The van der Waals surface area contributed by atoms with Gasteiger partial charge in [0.1, 0.15) is 0 Å². The van der Waals surface area contributed by atoms with Gasteiger partial charge in [-0.25, -0.2) is 0 Å². The van der Waals surface area contributed by atoms with E-state index in [9.17, 15) is 0 Å². The minimum absolute atomic E-state index is 0.0256. The van der Waals surface area contributed by atoms with Crippen molar-refractivity contribution in [2.75, 3.05) is 13.2 Å². The van der Waals surface area contributed by atoms with Crippen molar-refractivity contribution in [3.05, 3.63) is 12.2 Å². The van der Waals surface area contributed by atoms with Gasteiger partial charge in [-0.15, -0.1) is 0 Å². The van der Waals surface area contributed by atoms with Crippen LogP contribution in [0.25, 0.3) is 0 Å². The summed E-state index contributed by atoms with van der Waals surface area (Å²) in [6, 6.07) is 0. The molecule has 0 saturated carbocycles. The van der Waals surface area contributed by atoms with Gasteiger partial charge in [0.25, 0.3) is 0 Å². The van der Waals surface area contributed by atoms with Crippen LogP contribution in [0.2, 0.25) is 0 Å². The van der Waals surface area contributed by atoms with Gasteiger partial charge in [0.05, 0.1) is 0 Å². The van der Waals surface area contributed by atoms with Gasteiger partial charge in [-0.05, 0) is 32.1 Å². The van der Waals surface area contributed by atoms with Gasteiger partial charge in [-0.2, -0.15) is 0 Å². The summed E-state index contributed by atoms with van der Waals surface area (Å²) in [6.45, 7) is 10.0. The molecule has 0 aromatic carbocycles. The second-order valence-corrected chi connectivity index (χ2v) is 4.40. The van der Waals surface area contributed by atoms with E-state index in [-0.39, 0.29) is 6.29 Å². The molecule has 0 saturated heterocycles. The molecule has 0 aliphatic heterocycles. The minimum Gasteiger partial charge on any atom is -0.353 e. The summed E-state index contributed by atoms with van der Waals surface area (Å²) in [4.78, 5) is 0. The quantitative estimate of drug-likeness (QED) is 0.514. The van der Waals surface area contributed by atoms with Crippen molar-refractivity contribution in [3.8, 4) is 0 Å². The summed E-state index contributed by atoms with van der Waals surface area (Å²) in [5, 5.41) is 0. The fourth-order valence-corrected chi connectivity index (χ4v) is 2.21. The minimum atomic E-state index is -0.0256. The molecule has 2 heteroatoms. The van der Waals surface area contributed by atoms with Crippen molar-refractivity contribution >= 4 is 0 Å². The molecule has 1 rings (SSSR count). The van der Waals surface area contributed by atoms with Gasteiger partial charge in [0.15, 0.2) is 6.29 Å². The van der Waals surface area contributed by atoms with Gasteiger partial charge in [0, 0.05) is 19.1 Å². The summed E-state index contributed by atoms with van der Waals surface area (Å²) in [5.41, 5.74) is 0. The molecule has 0 fully saturated rings. The van der Waals surface area contributed by atoms with Crippen molar-refractivity contribution < 1.29 is 9.47 Å². The normalized spacial score (nSPS) is 31.1. The zero-order chi connectivity index (χ0) is 11.3. The van der Waals surface area contributed by atoms with Crippen LogP contribution in [0, 0.1) is 17.8 Å². The van der Waals surface area contributed by atoms with Crippen molar-refractivity contribution in [2.45, 2.75) is 40.4 Å². The van der Waals surface area contributed by atoms with E-state index in [0.717, 1.165) is 13.2 Å². The fraction of sp³-hybridized carbons (Fsp3) is 0.846. The van der Waals surface area contributed by atoms with Gasteiger partial charge < -0.3 is 9.47 Å². The summed E-state index contributed by atoms with van der Waals surface area (Å²) in [6.07, 6.45) is 5.74. The van der Waals surface area contributed by atoms with Crippen LogP contribution in [0.1, 0.15) is 34.1 Å². The molecule has 0 heterocycles. The second kappa shape index (κ2) is 6.29. The molecule has 0 amide bonds. The molecule has 15 heavy (non-hydrogen) atoms. The number of hydrogen-bond acceptors (Lipinski definition) is 2. The van der Waals surface area contributed by atoms with E-state index in [1.165, 1.54) is 6.42 Å². The fourth-order valence-electron chi connectivity index (χ4n) is 2.21. The smallest absolute Gasteiger partial charge is 0.160 e. The van der Waals surface area contributed by atoms with E-state index in [2.05, 4.69) is 26.0 Å². The maximum Gasteiger partial charge on any atom is 0.160 e. The molecule has 1 aliphatic rings. The number of hydrogen-bond donors (Lipinski definition) is 0. The molecule has 3 atom stereocenters. The molecular formula is C13H24O2. The van der Waals surface area contributed by atoms with Crippen LogP contribution < -0.4 is 0 Å². The van der Waals surface area contributed by atoms with E-state index >= 15 is 0 Å². The van der Waals surface area contributed by atoms with Crippen LogP contribution in [0.15, 0.2) is 12.2 Å². The summed E-state index contributed by atoms with van der Waals surface area (Å²) >= 11 is 0. The topological polar surface area (TPSA) is 18.5 Å². The highest BCUT2D eigenvalue weighted by atomic mass is 16.7. The van der Waals surface area contributed by atoms with E-state index in [1.54, 1.807) is 0 Å². The first-order chi connectivity index (χ1) is 7.19. The second-order valence-electron chi connectivity index (χ2n) is 4.40. The van der Waals surface area contributed by atoms with Gasteiger partial charge in [-0.3, -0.25) is 0 Å². The zero-order valence-electron chi connectivity index (χ0n) is 10.4. The largest absolute Gasteiger partial charge is 0.353 e. The molecule has 1 aliphatic carbocycles. The molecule has 0 aromatic heterocycles. The predicted octanol–water partition coefficient (Wildman–Crippen LogP) is 3.23. The molecule has 0 bridgehead atoms. The maximum absolute atomic E-state index is 5.68. The van der Waals surface area contributed by atoms with E-state index in [1.807, 2.05) is 13.8 Å². The first kappa shape index (κ1) is 12.7. The number of allylic oxidation sites excluding steroid dienone is 2. The molecular weight excluding hydrogens is 188 g/mol. The van der Waals surface area contributed by atoms with Gasteiger partial charge in [-0.1, -0.05) is 26.0 Å². The standard InChI is InChI=1S/C13H24O2/c1-5-14-13(15-6-2)12-9-10(3)7-8-11(12)4/h7-8,10-13H,5-6,9H2,1-4H3. The first-order valence-electron chi connectivity index (χ1n) is 6.10. The molecule has 0 radical (unpaired) electrons. The lowest BCUT2D eigenvalue weighted by atomic mass is 9.80. The predicted molar refractivity (Wildman–Crippen MR) is 62.6 cm³/mol. The van der Waals surface area contributed by atoms with Crippen LogP contribution in [-0.2, 0) is 9.47 Å². The van der Waals surface area contributed by atoms with Crippen LogP contribution in [-0.4, -0.2) is 19.5 Å². The van der Waals surface area contributed by atoms with Crippen LogP contribution in [0.5, 0.6) is 0 Å². The Hall–Kier alpha value is -0.340. The Kier molecular flexibility index (Phi) is 5.34. The van der Waals surface area contributed by atoms with Crippen LogP contribution >= 0.6 is 0 Å². The molecule has 3 unspecified atom stereocenters. The highest BCUT2D eigenvalue weighted by molar-refractivity contribution is 4.99. The average Bonchev–Trinajstić information content (AvgIpc) is 2.21. The molecule has 88 valence electrons. The molecule has 0 aromatic rings.